The average Bonchev–Trinajstić information content (AvgIpc) is 2.56. The van der Waals surface area contributed by atoms with Crippen LogP contribution >= 0.6 is 23.2 Å². The number of halogens is 3. The van der Waals surface area contributed by atoms with Crippen molar-refractivity contribution in [3.8, 4) is 11.4 Å². The molecular formula is C17H16Cl2FN5. The van der Waals surface area contributed by atoms with E-state index in [9.17, 15) is 4.39 Å². The summed E-state index contributed by atoms with van der Waals surface area (Å²) in [6.45, 7) is 1.60. The number of hydrogen-bond acceptors (Lipinski definition) is 5. The molecule has 130 valence electrons. The fourth-order valence-corrected chi connectivity index (χ4v) is 2.67. The third-order valence-corrected chi connectivity index (χ3v) is 4.07. The summed E-state index contributed by atoms with van der Waals surface area (Å²) in [7, 11) is 3.99. The molecule has 0 aliphatic rings. The summed E-state index contributed by atoms with van der Waals surface area (Å²) < 4.78 is 14.1. The van der Waals surface area contributed by atoms with E-state index >= 15 is 0 Å². The SMILES string of the molecule is CN(C)CCNc1ccc2c(Cl)nc(-c3cc(Cl)ccc3F)nc2n1. The van der Waals surface area contributed by atoms with Crippen LogP contribution in [-0.4, -0.2) is 47.0 Å². The van der Waals surface area contributed by atoms with Gasteiger partial charge < -0.3 is 10.2 Å². The van der Waals surface area contributed by atoms with E-state index in [-0.39, 0.29) is 16.5 Å². The van der Waals surface area contributed by atoms with Crippen LogP contribution in [0.3, 0.4) is 0 Å². The molecule has 8 heteroatoms. The Kier molecular flexibility index (Phi) is 5.32. The predicted molar refractivity (Wildman–Crippen MR) is 99.8 cm³/mol. The second-order valence-corrected chi connectivity index (χ2v) is 6.55. The van der Waals surface area contributed by atoms with Crippen molar-refractivity contribution in [3.63, 3.8) is 0 Å². The Bertz CT molecular complexity index is 917. The van der Waals surface area contributed by atoms with Crippen LogP contribution in [0.2, 0.25) is 10.2 Å². The predicted octanol–water partition coefficient (Wildman–Crippen LogP) is 4.11. The van der Waals surface area contributed by atoms with Crippen LogP contribution in [-0.2, 0) is 0 Å². The second-order valence-electron chi connectivity index (χ2n) is 5.76. The van der Waals surface area contributed by atoms with Gasteiger partial charge in [0.25, 0.3) is 0 Å². The topological polar surface area (TPSA) is 53.9 Å². The highest BCUT2D eigenvalue weighted by Crippen LogP contribution is 2.28. The minimum Gasteiger partial charge on any atom is -0.369 e. The van der Waals surface area contributed by atoms with Gasteiger partial charge in [0.15, 0.2) is 11.5 Å². The van der Waals surface area contributed by atoms with Crippen LogP contribution in [0.25, 0.3) is 22.4 Å². The molecule has 0 aliphatic heterocycles. The molecule has 3 rings (SSSR count). The van der Waals surface area contributed by atoms with Gasteiger partial charge in [-0.05, 0) is 44.4 Å². The fraction of sp³-hybridized carbons (Fsp3) is 0.235. The number of likely N-dealkylation sites (N-methyl/N-ethyl adjacent to an activating group) is 1. The molecule has 0 radical (unpaired) electrons. The van der Waals surface area contributed by atoms with Gasteiger partial charge >= 0.3 is 0 Å². The van der Waals surface area contributed by atoms with Crippen LogP contribution < -0.4 is 5.32 Å². The second kappa shape index (κ2) is 7.47. The lowest BCUT2D eigenvalue weighted by molar-refractivity contribution is 0.425. The van der Waals surface area contributed by atoms with Gasteiger partial charge in [-0.2, -0.15) is 0 Å². The molecule has 0 saturated carbocycles. The molecule has 3 aromatic rings. The van der Waals surface area contributed by atoms with Crippen molar-refractivity contribution in [3.05, 3.63) is 46.3 Å². The van der Waals surface area contributed by atoms with Crippen LogP contribution in [0, 0.1) is 5.82 Å². The first-order valence-electron chi connectivity index (χ1n) is 7.62. The average molecular weight is 380 g/mol. The normalized spacial score (nSPS) is 11.3. The standard InChI is InChI=1S/C17H16Cl2FN5/c1-25(2)8-7-21-14-6-4-11-15(19)23-17(24-16(11)22-14)12-9-10(18)3-5-13(12)20/h3-6,9H,7-8H2,1-2H3,(H,21,22,23,24). The first kappa shape index (κ1) is 17.8. The first-order valence-corrected chi connectivity index (χ1v) is 8.38. The number of pyridine rings is 1. The largest absolute Gasteiger partial charge is 0.369 e. The summed E-state index contributed by atoms with van der Waals surface area (Å²) in [4.78, 5) is 15.0. The van der Waals surface area contributed by atoms with Crippen molar-refractivity contribution in [2.75, 3.05) is 32.5 Å². The van der Waals surface area contributed by atoms with Crippen molar-refractivity contribution < 1.29 is 4.39 Å². The van der Waals surface area contributed by atoms with Crippen molar-refractivity contribution >= 4 is 40.1 Å². The first-order chi connectivity index (χ1) is 11.9. The van der Waals surface area contributed by atoms with E-state index in [0.717, 1.165) is 13.1 Å². The van der Waals surface area contributed by atoms with Gasteiger partial charge in [0, 0.05) is 18.1 Å². The zero-order valence-corrected chi connectivity index (χ0v) is 15.2. The van der Waals surface area contributed by atoms with E-state index < -0.39 is 5.82 Å². The molecule has 0 aliphatic carbocycles. The Morgan fingerprint density at radius 1 is 1.08 bits per heavy atom. The van der Waals surface area contributed by atoms with Gasteiger partial charge in [0.05, 0.1) is 10.9 Å². The van der Waals surface area contributed by atoms with E-state index in [1.807, 2.05) is 20.2 Å². The van der Waals surface area contributed by atoms with Gasteiger partial charge in [-0.15, -0.1) is 0 Å². The summed E-state index contributed by atoms with van der Waals surface area (Å²) in [5.74, 6) is 0.345. The van der Waals surface area contributed by atoms with Gasteiger partial charge in [-0.25, -0.2) is 19.3 Å². The van der Waals surface area contributed by atoms with Crippen LogP contribution in [0.5, 0.6) is 0 Å². The zero-order chi connectivity index (χ0) is 18.0. The Morgan fingerprint density at radius 3 is 2.64 bits per heavy atom. The number of fused-ring (bicyclic) bond motifs is 1. The van der Waals surface area contributed by atoms with E-state index in [1.165, 1.54) is 18.2 Å². The molecule has 0 unspecified atom stereocenters. The van der Waals surface area contributed by atoms with Gasteiger partial charge in [0.2, 0.25) is 0 Å². The quantitative estimate of drug-likeness (QED) is 0.675. The number of nitrogens with zero attached hydrogens (tertiary/aromatic N) is 4. The smallest absolute Gasteiger partial charge is 0.167 e. The monoisotopic (exact) mass is 379 g/mol. The molecule has 2 aromatic heterocycles. The summed E-state index contributed by atoms with van der Waals surface area (Å²) in [6, 6.07) is 7.81. The van der Waals surface area contributed by atoms with Crippen molar-refractivity contribution in [2.45, 2.75) is 0 Å². The minimum atomic E-state index is -0.472. The third kappa shape index (κ3) is 4.15. The maximum absolute atomic E-state index is 14.1. The Balaban J connectivity index is 2.00. The molecule has 1 N–H and O–H groups in total. The zero-order valence-electron chi connectivity index (χ0n) is 13.7. The number of rotatable bonds is 5. The summed E-state index contributed by atoms with van der Waals surface area (Å²) in [5, 5.41) is 4.43. The Labute approximate surface area is 154 Å². The van der Waals surface area contributed by atoms with Crippen LogP contribution in [0.1, 0.15) is 0 Å². The molecule has 0 bridgehead atoms. The molecule has 0 fully saturated rings. The van der Waals surface area contributed by atoms with Gasteiger partial charge in [0.1, 0.15) is 16.8 Å². The maximum atomic E-state index is 14.1. The lowest BCUT2D eigenvalue weighted by Crippen LogP contribution is -2.21. The lowest BCUT2D eigenvalue weighted by Gasteiger charge is -2.11. The number of hydrogen-bond donors (Lipinski definition) is 1. The number of anilines is 1. The molecule has 0 amide bonds. The Morgan fingerprint density at radius 2 is 1.88 bits per heavy atom. The summed E-state index contributed by atoms with van der Waals surface area (Å²) in [6.07, 6.45) is 0. The minimum absolute atomic E-state index is 0.149. The van der Waals surface area contributed by atoms with E-state index in [4.69, 9.17) is 23.2 Å². The lowest BCUT2D eigenvalue weighted by atomic mass is 10.2. The van der Waals surface area contributed by atoms with Crippen molar-refractivity contribution in [1.82, 2.24) is 19.9 Å². The molecule has 5 nitrogen and oxygen atoms in total. The van der Waals surface area contributed by atoms with E-state index in [1.54, 1.807) is 6.07 Å². The van der Waals surface area contributed by atoms with Crippen LogP contribution in [0.15, 0.2) is 30.3 Å². The number of nitrogens with one attached hydrogen (secondary N) is 1. The Hall–Kier alpha value is -2.02. The number of aromatic nitrogens is 3. The molecule has 25 heavy (non-hydrogen) atoms. The van der Waals surface area contributed by atoms with Gasteiger partial charge in [-0.3, -0.25) is 0 Å². The van der Waals surface area contributed by atoms with Crippen molar-refractivity contribution in [1.29, 1.82) is 0 Å². The molecule has 1 aromatic carbocycles. The highest BCUT2D eigenvalue weighted by molar-refractivity contribution is 6.34. The molecular weight excluding hydrogens is 364 g/mol. The molecule has 0 saturated heterocycles. The number of benzene rings is 1. The summed E-state index contributed by atoms with van der Waals surface area (Å²) >= 11 is 12.2. The van der Waals surface area contributed by atoms with Gasteiger partial charge in [-0.1, -0.05) is 23.2 Å². The highest BCUT2D eigenvalue weighted by Gasteiger charge is 2.13. The van der Waals surface area contributed by atoms with Crippen molar-refractivity contribution in [2.24, 2.45) is 0 Å². The third-order valence-electron chi connectivity index (χ3n) is 3.55. The van der Waals surface area contributed by atoms with Crippen LogP contribution in [0.4, 0.5) is 10.2 Å². The van der Waals surface area contributed by atoms with E-state index in [2.05, 4.69) is 25.2 Å². The maximum Gasteiger partial charge on any atom is 0.167 e. The molecule has 2 heterocycles. The fourth-order valence-electron chi connectivity index (χ4n) is 2.27. The highest BCUT2D eigenvalue weighted by atomic mass is 35.5. The molecule has 0 atom stereocenters. The van der Waals surface area contributed by atoms with E-state index in [0.29, 0.717) is 21.9 Å². The summed E-state index contributed by atoms with van der Waals surface area (Å²) in [5.41, 5.74) is 0.577. The molecule has 0 spiro atoms.